The fourth-order valence-corrected chi connectivity index (χ4v) is 3.38. The van der Waals surface area contributed by atoms with Gasteiger partial charge in [0, 0.05) is 0 Å². The lowest BCUT2D eigenvalue weighted by molar-refractivity contribution is 0.0919. The average Bonchev–Trinajstić information content (AvgIpc) is 3.31. The summed E-state index contributed by atoms with van der Waals surface area (Å²) in [4.78, 5) is 25.2. The number of carbonyl (C=O) groups is 1. The van der Waals surface area contributed by atoms with Gasteiger partial charge in [-0.1, -0.05) is 26.0 Å². The molecule has 1 unspecified atom stereocenters. The summed E-state index contributed by atoms with van der Waals surface area (Å²) >= 11 is 0. The number of aryl methyl sites for hydroxylation is 1. The van der Waals surface area contributed by atoms with Crippen molar-refractivity contribution in [3.63, 3.8) is 0 Å². The maximum Gasteiger partial charge on any atom is 0.291 e. The number of halogens is 1. The fraction of sp³-hybridized carbons (Fsp3) is 0.273. The molecule has 2 heterocycles. The van der Waals surface area contributed by atoms with E-state index in [-0.39, 0.29) is 23.6 Å². The topological polar surface area (TPSA) is 88.5 Å². The third-order valence-electron chi connectivity index (χ3n) is 4.79. The second-order valence-electron chi connectivity index (χ2n) is 7.67. The number of amides is 1. The van der Waals surface area contributed by atoms with Gasteiger partial charge in [0.1, 0.15) is 17.5 Å². The van der Waals surface area contributed by atoms with Gasteiger partial charge in [0.05, 0.1) is 22.8 Å². The van der Waals surface area contributed by atoms with Crippen LogP contribution in [0.25, 0.3) is 16.7 Å². The lowest BCUT2D eigenvalue weighted by Crippen LogP contribution is -2.31. The first kappa shape index (κ1) is 19.8. The second-order valence-corrected chi connectivity index (χ2v) is 7.67. The molecule has 2 aromatic heterocycles. The number of carbonyl (C=O) groups excluding carboxylic acids is 1. The summed E-state index contributed by atoms with van der Waals surface area (Å²) in [5.41, 5.74) is 2.41. The molecule has 8 heteroatoms. The zero-order valence-electron chi connectivity index (χ0n) is 17.1. The maximum absolute atomic E-state index is 13.2. The number of H-pyrrole nitrogens is 1. The van der Waals surface area contributed by atoms with E-state index in [0.717, 1.165) is 11.0 Å². The number of aromatic amines is 1. The van der Waals surface area contributed by atoms with Crippen molar-refractivity contribution in [3.8, 4) is 5.69 Å². The zero-order chi connectivity index (χ0) is 21.3. The van der Waals surface area contributed by atoms with Gasteiger partial charge in [-0.2, -0.15) is 0 Å². The Bertz CT molecular complexity index is 1150. The molecule has 0 radical (unpaired) electrons. The number of aromatic nitrogens is 5. The van der Waals surface area contributed by atoms with E-state index in [0.29, 0.717) is 29.7 Å². The number of benzene rings is 2. The van der Waals surface area contributed by atoms with Crippen LogP contribution in [0.15, 0.2) is 48.5 Å². The molecule has 2 N–H and O–H groups in total. The lowest BCUT2D eigenvalue weighted by atomic mass is 10.0. The van der Waals surface area contributed by atoms with E-state index >= 15 is 0 Å². The van der Waals surface area contributed by atoms with Gasteiger partial charge in [-0.25, -0.2) is 19.0 Å². The van der Waals surface area contributed by atoms with Crippen molar-refractivity contribution in [3.05, 3.63) is 71.8 Å². The molecular formula is C22H23FN6O. The highest BCUT2D eigenvalue weighted by Crippen LogP contribution is 2.22. The van der Waals surface area contributed by atoms with Crippen molar-refractivity contribution < 1.29 is 9.18 Å². The quantitative estimate of drug-likeness (QED) is 0.504. The molecule has 154 valence electrons. The van der Waals surface area contributed by atoms with Gasteiger partial charge < -0.3 is 10.3 Å². The van der Waals surface area contributed by atoms with E-state index < -0.39 is 0 Å². The largest absolute Gasteiger partial charge is 0.340 e. The van der Waals surface area contributed by atoms with Gasteiger partial charge in [-0.15, -0.1) is 5.10 Å². The van der Waals surface area contributed by atoms with Crippen LogP contribution in [-0.4, -0.2) is 30.6 Å². The summed E-state index contributed by atoms with van der Waals surface area (Å²) in [6, 6.07) is 13.3. The van der Waals surface area contributed by atoms with Crippen LogP contribution in [-0.2, 0) is 0 Å². The minimum atomic E-state index is -0.384. The van der Waals surface area contributed by atoms with Gasteiger partial charge in [0.2, 0.25) is 5.82 Å². The number of imidazole rings is 1. The van der Waals surface area contributed by atoms with E-state index in [1.807, 2.05) is 24.3 Å². The molecule has 0 aliphatic heterocycles. The third-order valence-corrected chi connectivity index (χ3v) is 4.79. The molecule has 7 nitrogen and oxygen atoms in total. The Labute approximate surface area is 173 Å². The molecule has 0 bridgehead atoms. The van der Waals surface area contributed by atoms with Gasteiger partial charge in [-0.3, -0.25) is 4.79 Å². The summed E-state index contributed by atoms with van der Waals surface area (Å²) < 4.78 is 14.7. The van der Waals surface area contributed by atoms with Gasteiger partial charge >= 0.3 is 0 Å². The molecule has 0 saturated heterocycles. The van der Waals surface area contributed by atoms with Gasteiger partial charge in [0.15, 0.2) is 0 Å². The van der Waals surface area contributed by atoms with E-state index in [1.54, 1.807) is 19.1 Å². The van der Waals surface area contributed by atoms with Crippen LogP contribution in [0, 0.1) is 18.7 Å². The van der Waals surface area contributed by atoms with E-state index in [1.165, 1.54) is 16.8 Å². The van der Waals surface area contributed by atoms with Crippen LogP contribution in [0.3, 0.4) is 0 Å². The monoisotopic (exact) mass is 406 g/mol. The molecular weight excluding hydrogens is 383 g/mol. The normalized spacial score (nSPS) is 12.4. The molecule has 0 aliphatic carbocycles. The Morgan fingerprint density at radius 3 is 2.57 bits per heavy atom. The number of hydrogen-bond acceptors (Lipinski definition) is 4. The highest BCUT2D eigenvalue weighted by atomic mass is 19.1. The SMILES string of the molecule is Cc1nc(C(=O)NC(CC(C)C)c2nc3ccccc3[nH]2)nn1-c1ccc(F)cc1. The summed E-state index contributed by atoms with van der Waals surface area (Å²) in [5, 5.41) is 7.33. The van der Waals surface area contributed by atoms with Gasteiger partial charge in [-0.05, 0) is 55.7 Å². The number of hydrogen-bond donors (Lipinski definition) is 2. The first-order valence-corrected chi connectivity index (χ1v) is 9.86. The average molecular weight is 406 g/mol. The number of nitrogens with one attached hydrogen (secondary N) is 2. The number of para-hydroxylation sites is 2. The van der Waals surface area contributed by atoms with Crippen molar-refractivity contribution in [2.45, 2.75) is 33.2 Å². The first-order valence-electron chi connectivity index (χ1n) is 9.86. The summed E-state index contributed by atoms with van der Waals surface area (Å²) in [6.45, 7) is 5.93. The van der Waals surface area contributed by atoms with E-state index in [2.05, 4.69) is 39.2 Å². The standard InChI is InChI=1S/C22H23FN6O/c1-13(2)12-19(20-25-17-6-4-5-7-18(17)26-20)27-22(30)21-24-14(3)29(28-21)16-10-8-15(23)9-11-16/h4-11,13,19H,12H2,1-3H3,(H,25,26)(H,27,30). The van der Waals surface area contributed by atoms with Crippen LogP contribution >= 0.6 is 0 Å². The Kier molecular flexibility index (Phi) is 5.31. The van der Waals surface area contributed by atoms with Crippen molar-refractivity contribution in [2.75, 3.05) is 0 Å². The molecule has 2 aromatic carbocycles. The van der Waals surface area contributed by atoms with Crippen molar-refractivity contribution in [1.29, 1.82) is 0 Å². The van der Waals surface area contributed by atoms with Crippen molar-refractivity contribution in [1.82, 2.24) is 30.0 Å². The molecule has 30 heavy (non-hydrogen) atoms. The molecule has 4 aromatic rings. The smallest absolute Gasteiger partial charge is 0.291 e. The summed E-state index contributed by atoms with van der Waals surface area (Å²) in [5.74, 6) is 0.919. The summed E-state index contributed by atoms with van der Waals surface area (Å²) in [6.07, 6.45) is 0.712. The molecule has 0 spiro atoms. The Morgan fingerprint density at radius 2 is 1.87 bits per heavy atom. The molecule has 0 saturated carbocycles. The number of rotatable bonds is 6. The molecule has 1 amide bonds. The summed E-state index contributed by atoms with van der Waals surface area (Å²) in [7, 11) is 0. The fourth-order valence-electron chi connectivity index (χ4n) is 3.38. The Hall–Kier alpha value is -3.55. The number of fused-ring (bicyclic) bond motifs is 1. The molecule has 0 aliphatic rings. The second kappa shape index (κ2) is 8.06. The Morgan fingerprint density at radius 1 is 1.13 bits per heavy atom. The molecule has 0 fully saturated rings. The molecule has 4 rings (SSSR count). The Balaban J connectivity index is 1.59. The van der Waals surface area contributed by atoms with Crippen molar-refractivity contribution in [2.24, 2.45) is 5.92 Å². The maximum atomic E-state index is 13.2. The van der Waals surface area contributed by atoms with E-state index in [9.17, 15) is 9.18 Å². The van der Waals surface area contributed by atoms with Crippen molar-refractivity contribution >= 4 is 16.9 Å². The van der Waals surface area contributed by atoms with Gasteiger partial charge in [0.25, 0.3) is 5.91 Å². The van der Waals surface area contributed by atoms with Crippen LogP contribution < -0.4 is 5.32 Å². The predicted molar refractivity (Wildman–Crippen MR) is 112 cm³/mol. The molecule has 1 atom stereocenters. The number of nitrogens with zero attached hydrogens (tertiary/aromatic N) is 4. The highest BCUT2D eigenvalue weighted by Gasteiger charge is 2.23. The van der Waals surface area contributed by atoms with Crippen LogP contribution in [0.4, 0.5) is 4.39 Å². The highest BCUT2D eigenvalue weighted by molar-refractivity contribution is 5.90. The minimum absolute atomic E-state index is 0.0571. The van der Waals surface area contributed by atoms with Crippen LogP contribution in [0.1, 0.15) is 48.6 Å². The first-order chi connectivity index (χ1) is 14.4. The lowest BCUT2D eigenvalue weighted by Gasteiger charge is -2.17. The van der Waals surface area contributed by atoms with E-state index in [4.69, 9.17) is 0 Å². The van der Waals surface area contributed by atoms with Crippen LogP contribution in [0.2, 0.25) is 0 Å². The zero-order valence-corrected chi connectivity index (χ0v) is 17.1. The third kappa shape index (κ3) is 4.07. The van der Waals surface area contributed by atoms with Crippen LogP contribution in [0.5, 0.6) is 0 Å². The predicted octanol–water partition coefficient (Wildman–Crippen LogP) is 4.11. The minimum Gasteiger partial charge on any atom is -0.340 e.